The summed E-state index contributed by atoms with van der Waals surface area (Å²) in [6, 6.07) is 17.7. The molecule has 2 atom stereocenters. The first-order chi connectivity index (χ1) is 11.4. The number of hydrogen-bond acceptors (Lipinski definition) is 2. The number of halogens is 1. The highest BCUT2D eigenvalue weighted by molar-refractivity contribution is 6.31. The zero-order chi connectivity index (χ0) is 17.3. The molecule has 1 aliphatic rings. The Labute approximate surface area is 148 Å². The molecule has 2 N–H and O–H groups in total. The van der Waals surface area contributed by atoms with E-state index in [4.69, 9.17) is 17.3 Å². The van der Waals surface area contributed by atoms with Gasteiger partial charge >= 0.3 is 0 Å². The monoisotopic (exact) mass is 342 g/mol. The van der Waals surface area contributed by atoms with Crippen molar-refractivity contribution >= 4 is 17.5 Å². The van der Waals surface area contributed by atoms with Crippen LogP contribution in [0.1, 0.15) is 30.9 Å². The van der Waals surface area contributed by atoms with E-state index in [9.17, 15) is 4.79 Å². The molecule has 0 aromatic heterocycles. The molecule has 3 nitrogen and oxygen atoms in total. The third kappa shape index (κ3) is 3.06. The molecular formula is C20H23ClN2O. The van der Waals surface area contributed by atoms with Gasteiger partial charge in [0, 0.05) is 30.1 Å². The van der Waals surface area contributed by atoms with Gasteiger partial charge < -0.3 is 10.6 Å². The number of nitrogens with zero attached hydrogens (tertiary/aromatic N) is 1. The Hall–Kier alpha value is -1.84. The first-order valence-corrected chi connectivity index (χ1v) is 8.64. The second-order valence-electron chi connectivity index (χ2n) is 7.00. The summed E-state index contributed by atoms with van der Waals surface area (Å²) in [6.07, 6.45) is 0. The second-order valence-corrected chi connectivity index (χ2v) is 7.40. The zero-order valence-corrected chi connectivity index (χ0v) is 14.8. The lowest BCUT2D eigenvalue weighted by Gasteiger charge is -2.30. The third-order valence-electron chi connectivity index (χ3n) is 4.96. The number of carbonyl (C=O) groups excluding carboxylic acids is 1. The quantitative estimate of drug-likeness (QED) is 0.926. The van der Waals surface area contributed by atoms with Crippen molar-refractivity contribution in [3.63, 3.8) is 0 Å². The molecule has 2 aromatic carbocycles. The Balaban J connectivity index is 1.82. The standard InChI is InChI=1S/C20H23ClN2O/c1-20(2,16-10-6-7-11-17(16)21)19(24)23-12-15(18(22)13-23)14-8-4-3-5-9-14/h3-11,15,18H,12-13,22H2,1-2H3/t15-,18+/m0/s1. The summed E-state index contributed by atoms with van der Waals surface area (Å²) in [5.41, 5.74) is 7.70. The zero-order valence-electron chi connectivity index (χ0n) is 14.1. The van der Waals surface area contributed by atoms with E-state index in [0.29, 0.717) is 18.1 Å². The summed E-state index contributed by atoms with van der Waals surface area (Å²) in [5, 5.41) is 0.624. The van der Waals surface area contributed by atoms with Crippen LogP contribution in [0, 0.1) is 0 Å². The third-order valence-corrected chi connectivity index (χ3v) is 5.29. The largest absolute Gasteiger partial charge is 0.340 e. The number of nitrogens with two attached hydrogens (primary N) is 1. The first kappa shape index (κ1) is 17.0. The molecule has 0 aliphatic carbocycles. The number of carbonyl (C=O) groups is 1. The lowest BCUT2D eigenvalue weighted by atomic mass is 9.83. The van der Waals surface area contributed by atoms with Crippen molar-refractivity contribution in [1.29, 1.82) is 0 Å². The van der Waals surface area contributed by atoms with Gasteiger partial charge in [0.25, 0.3) is 0 Å². The van der Waals surface area contributed by atoms with Crippen LogP contribution in [0.2, 0.25) is 5.02 Å². The lowest BCUT2D eigenvalue weighted by Crippen LogP contribution is -2.43. The predicted octanol–water partition coefficient (Wildman–Crippen LogP) is 3.57. The van der Waals surface area contributed by atoms with Crippen molar-refractivity contribution in [2.45, 2.75) is 31.2 Å². The van der Waals surface area contributed by atoms with Crippen LogP contribution in [-0.2, 0) is 10.2 Å². The van der Waals surface area contributed by atoms with Crippen molar-refractivity contribution in [1.82, 2.24) is 4.90 Å². The Kier molecular flexibility index (Phi) is 4.66. The van der Waals surface area contributed by atoms with Gasteiger partial charge in [0.15, 0.2) is 0 Å². The van der Waals surface area contributed by atoms with E-state index >= 15 is 0 Å². The number of amides is 1. The topological polar surface area (TPSA) is 46.3 Å². The van der Waals surface area contributed by atoms with Gasteiger partial charge in [-0.05, 0) is 31.0 Å². The Bertz CT molecular complexity index is 729. The van der Waals surface area contributed by atoms with Gasteiger partial charge in [-0.15, -0.1) is 0 Å². The molecule has 126 valence electrons. The van der Waals surface area contributed by atoms with Gasteiger partial charge in [0.05, 0.1) is 5.41 Å². The molecule has 1 amide bonds. The molecule has 1 heterocycles. The second kappa shape index (κ2) is 6.58. The molecule has 24 heavy (non-hydrogen) atoms. The molecule has 2 aromatic rings. The van der Waals surface area contributed by atoms with Crippen LogP contribution in [0.5, 0.6) is 0 Å². The van der Waals surface area contributed by atoms with Crippen LogP contribution in [0.3, 0.4) is 0 Å². The van der Waals surface area contributed by atoms with Crippen molar-refractivity contribution in [3.05, 3.63) is 70.7 Å². The van der Waals surface area contributed by atoms with Crippen LogP contribution >= 0.6 is 11.6 Å². The average molecular weight is 343 g/mol. The van der Waals surface area contributed by atoms with Gasteiger partial charge in [-0.25, -0.2) is 0 Å². The molecule has 1 fully saturated rings. The fraction of sp³-hybridized carbons (Fsp3) is 0.350. The minimum atomic E-state index is -0.677. The Morgan fingerprint density at radius 2 is 1.71 bits per heavy atom. The van der Waals surface area contributed by atoms with Gasteiger partial charge in [-0.3, -0.25) is 4.79 Å². The van der Waals surface area contributed by atoms with E-state index in [2.05, 4.69) is 12.1 Å². The van der Waals surface area contributed by atoms with E-state index in [1.165, 1.54) is 5.56 Å². The fourth-order valence-corrected chi connectivity index (χ4v) is 3.90. The molecule has 1 saturated heterocycles. The molecule has 3 rings (SSSR count). The molecule has 0 saturated carbocycles. The Morgan fingerprint density at radius 1 is 1.08 bits per heavy atom. The van der Waals surface area contributed by atoms with Crippen molar-refractivity contribution in [2.75, 3.05) is 13.1 Å². The summed E-state index contributed by atoms with van der Waals surface area (Å²) in [4.78, 5) is 15.0. The highest BCUT2D eigenvalue weighted by Crippen LogP contribution is 2.34. The van der Waals surface area contributed by atoms with Crippen molar-refractivity contribution in [2.24, 2.45) is 5.73 Å². The van der Waals surface area contributed by atoms with E-state index in [1.54, 1.807) is 0 Å². The molecule has 0 bridgehead atoms. The van der Waals surface area contributed by atoms with E-state index in [1.807, 2.05) is 61.2 Å². The maximum absolute atomic E-state index is 13.2. The number of rotatable bonds is 3. The van der Waals surface area contributed by atoms with Gasteiger partial charge in [-0.1, -0.05) is 60.1 Å². The van der Waals surface area contributed by atoms with Crippen molar-refractivity contribution in [3.8, 4) is 0 Å². The first-order valence-electron chi connectivity index (χ1n) is 8.26. The predicted molar refractivity (Wildman–Crippen MR) is 98.2 cm³/mol. The van der Waals surface area contributed by atoms with E-state index in [0.717, 1.165) is 5.56 Å². The minimum Gasteiger partial charge on any atom is -0.340 e. The smallest absolute Gasteiger partial charge is 0.232 e. The minimum absolute atomic E-state index is 0.0432. The molecule has 4 heteroatoms. The SMILES string of the molecule is CC(C)(C(=O)N1C[C@@H](N)[C@H](c2ccccc2)C1)c1ccccc1Cl. The van der Waals surface area contributed by atoms with Gasteiger partial charge in [-0.2, -0.15) is 0 Å². The van der Waals surface area contributed by atoms with Gasteiger partial charge in [0.2, 0.25) is 5.91 Å². The fourth-order valence-electron chi connectivity index (χ4n) is 3.53. The average Bonchev–Trinajstić information content (AvgIpc) is 2.97. The summed E-state index contributed by atoms with van der Waals surface area (Å²) in [5.74, 6) is 0.252. The molecular weight excluding hydrogens is 320 g/mol. The number of hydrogen-bond donors (Lipinski definition) is 1. The Morgan fingerprint density at radius 3 is 2.38 bits per heavy atom. The van der Waals surface area contributed by atoms with Crippen molar-refractivity contribution < 1.29 is 4.79 Å². The van der Waals surface area contributed by atoms with Crippen LogP contribution in [-0.4, -0.2) is 29.9 Å². The highest BCUT2D eigenvalue weighted by atomic mass is 35.5. The maximum Gasteiger partial charge on any atom is 0.232 e. The highest BCUT2D eigenvalue weighted by Gasteiger charge is 2.41. The lowest BCUT2D eigenvalue weighted by molar-refractivity contribution is -0.135. The summed E-state index contributed by atoms with van der Waals surface area (Å²) >= 11 is 6.32. The summed E-state index contributed by atoms with van der Waals surface area (Å²) in [7, 11) is 0. The number of likely N-dealkylation sites (tertiary alicyclic amines) is 1. The molecule has 0 spiro atoms. The van der Waals surface area contributed by atoms with Crippen LogP contribution in [0.25, 0.3) is 0 Å². The summed E-state index contributed by atoms with van der Waals surface area (Å²) in [6.45, 7) is 5.08. The van der Waals surface area contributed by atoms with E-state index in [-0.39, 0.29) is 17.9 Å². The summed E-state index contributed by atoms with van der Waals surface area (Å²) < 4.78 is 0. The van der Waals surface area contributed by atoms with Crippen LogP contribution in [0.15, 0.2) is 54.6 Å². The van der Waals surface area contributed by atoms with E-state index < -0.39 is 5.41 Å². The maximum atomic E-state index is 13.2. The number of benzene rings is 2. The molecule has 0 radical (unpaired) electrons. The van der Waals surface area contributed by atoms with Crippen LogP contribution < -0.4 is 5.73 Å². The van der Waals surface area contributed by atoms with Gasteiger partial charge in [0.1, 0.15) is 0 Å². The molecule has 0 unspecified atom stereocenters. The van der Waals surface area contributed by atoms with Crippen LogP contribution in [0.4, 0.5) is 0 Å². The molecule has 1 aliphatic heterocycles. The normalized spacial score (nSPS) is 21.1.